The molecule has 0 aromatic carbocycles. The maximum absolute atomic E-state index is 12.7. The Kier molecular flexibility index (Phi) is 5.00. The van der Waals surface area contributed by atoms with Crippen molar-refractivity contribution in [1.82, 2.24) is 13.9 Å². The van der Waals surface area contributed by atoms with Gasteiger partial charge in [0.2, 0.25) is 5.91 Å². The van der Waals surface area contributed by atoms with Crippen LogP contribution in [0.15, 0.2) is 0 Å². The van der Waals surface area contributed by atoms with Crippen molar-refractivity contribution in [3.05, 3.63) is 0 Å². The SMILES string of the molecule is CC1CCC(C(N)=O)CN1S(=O)(=O)N1CCCNCC1. The van der Waals surface area contributed by atoms with Crippen LogP contribution in [0.5, 0.6) is 0 Å². The van der Waals surface area contributed by atoms with E-state index in [1.165, 1.54) is 8.61 Å². The lowest BCUT2D eigenvalue weighted by molar-refractivity contribution is -0.123. The Labute approximate surface area is 120 Å². The Balaban J connectivity index is 2.15. The Morgan fingerprint density at radius 2 is 2.00 bits per heavy atom. The maximum atomic E-state index is 12.7. The monoisotopic (exact) mass is 304 g/mol. The fourth-order valence-corrected chi connectivity index (χ4v) is 4.74. The molecule has 7 nitrogen and oxygen atoms in total. The van der Waals surface area contributed by atoms with E-state index in [9.17, 15) is 13.2 Å². The predicted octanol–water partition coefficient (Wildman–Crippen LogP) is -0.888. The van der Waals surface area contributed by atoms with Crippen LogP contribution in [0.2, 0.25) is 0 Å². The number of nitrogens with one attached hydrogen (secondary N) is 1. The standard InChI is InChI=1S/C12H24N4O3S/c1-10-3-4-11(12(13)17)9-16(10)20(18,19)15-7-2-5-14-6-8-15/h10-11,14H,2-9H2,1H3,(H2,13,17). The molecule has 0 aromatic rings. The predicted molar refractivity (Wildman–Crippen MR) is 76.1 cm³/mol. The van der Waals surface area contributed by atoms with E-state index in [0.29, 0.717) is 32.5 Å². The number of carbonyl (C=O) groups excluding carboxylic acids is 1. The van der Waals surface area contributed by atoms with Gasteiger partial charge in [-0.15, -0.1) is 0 Å². The van der Waals surface area contributed by atoms with E-state index >= 15 is 0 Å². The lowest BCUT2D eigenvalue weighted by atomic mass is 9.95. The molecule has 0 spiro atoms. The molecule has 2 heterocycles. The maximum Gasteiger partial charge on any atom is 0.282 e. The molecule has 0 aromatic heterocycles. The zero-order chi connectivity index (χ0) is 14.8. The summed E-state index contributed by atoms with van der Waals surface area (Å²) in [6.07, 6.45) is 2.16. The fourth-order valence-electron chi connectivity index (χ4n) is 2.83. The van der Waals surface area contributed by atoms with Gasteiger partial charge in [0.05, 0.1) is 5.92 Å². The quantitative estimate of drug-likeness (QED) is 0.707. The third kappa shape index (κ3) is 3.30. The minimum absolute atomic E-state index is 0.0770. The van der Waals surface area contributed by atoms with Crippen molar-refractivity contribution in [2.75, 3.05) is 32.7 Å². The summed E-state index contributed by atoms with van der Waals surface area (Å²) in [5.74, 6) is -0.777. The van der Waals surface area contributed by atoms with Crippen LogP contribution in [0.4, 0.5) is 0 Å². The Morgan fingerprint density at radius 3 is 2.70 bits per heavy atom. The summed E-state index contributed by atoms with van der Waals surface area (Å²) in [5, 5.41) is 3.19. The summed E-state index contributed by atoms with van der Waals surface area (Å²) in [5.41, 5.74) is 5.34. The number of rotatable bonds is 3. The van der Waals surface area contributed by atoms with Crippen LogP contribution in [0, 0.1) is 5.92 Å². The number of amides is 1. The van der Waals surface area contributed by atoms with Crippen molar-refractivity contribution in [2.45, 2.75) is 32.2 Å². The van der Waals surface area contributed by atoms with Crippen LogP contribution in [-0.4, -0.2) is 61.7 Å². The molecule has 2 rings (SSSR count). The van der Waals surface area contributed by atoms with Gasteiger partial charge in [-0.25, -0.2) is 0 Å². The average Bonchev–Trinajstić information content (AvgIpc) is 2.68. The van der Waals surface area contributed by atoms with Gasteiger partial charge in [0.15, 0.2) is 0 Å². The molecular weight excluding hydrogens is 280 g/mol. The highest BCUT2D eigenvalue weighted by Crippen LogP contribution is 2.26. The van der Waals surface area contributed by atoms with Crippen molar-refractivity contribution >= 4 is 16.1 Å². The Bertz CT molecular complexity index is 446. The van der Waals surface area contributed by atoms with E-state index in [1.807, 2.05) is 6.92 Å². The normalized spacial score (nSPS) is 30.9. The summed E-state index contributed by atoms with van der Waals surface area (Å²) >= 11 is 0. The Morgan fingerprint density at radius 1 is 1.25 bits per heavy atom. The Hall–Kier alpha value is -0.700. The second-order valence-corrected chi connectivity index (χ2v) is 7.49. The van der Waals surface area contributed by atoms with E-state index in [1.54, 1.807) is 0 Å². The third-order valence-corrected chi connectivity index (χ3v) is 6.27. The molecule has 2 saturated heterocycles. The molecule has 0 saturated carbocycles. The molecule has 20 heavy (non-hydrogen) atoms. The first-order valence-corrected chi connectivity index (χ1v) is 8.59. The lowest BCUT2D eigenvalue weighted by Gasteiger charge is -2.38. The van der Waals surface area contributed by atoms with Gasteiger partial charge in [-0.2, -0.15) is 17.0 Å². The molecule has 2 aliphatic rings. The smallest absolute Gasteiger partial charge is 0.282 e. The van der Waals surface area contributed by atoms with Crippen molar-refractivity contribution in [2.24, 2.45) is 11.7 Å². The van der Waals surface area contributed by atoms with Crippen LogP contribution in [0.1, 0.15) is 26.2 Å². The van der Waals surface area contributed by atoms with Crippen molar-refractivity contribution < 1.29 is 13.2 Å². The number of hydrogen-bond acceptors (Lipinski definition) is 4. The van der Waals surface area contributed by atoms with Gasteiger partial charge in [-0.05, 0) is 32.7 Å². The van der Waals surface area contributed by atoms with Crippen LogP contribution in [-0.2, 0) is 15.0 Å². The number of nitrogens with two attached hydrogens (primary N) is 1. The van der Waals surface area contributed by atoms with Crippen molar-refractivity contribution in [1.29, 1.82) is 0 Å². The third-order valence-electron chi connectivity index (χ3n) is 4.15. The summed E-state index contributed by atoms with van der Waals surface area (Å²) in [4.78, 5) is 11.3. The highest BCUT2D eigenvalue weighted by molar-refractivity contribution is 7.86. The zero-order valence-corrected chi connectivity index (χ0v) is 12.7. The van der Waals surface area contributed by atoms with Gasteiger partial charge in [-0.1, -0.05) is 0 Å². The molecule has 1 amide bonds. The van der Waals surface area contributed by atoms with Crippen LogP contribution in [0.25, 0.3) is 0 Å². The van der Waals surface area contributed by atoms with Gasteiger partial charge >= 0.3 is 0 Å². The topological polar surface area (TPSA) is 95.7 Å². The number of primary amides is 1. The molecule has 2 atom stereocenters. The molecule has 2 fully saturated rings. The molecule has 116 valence electrons. The van der Waals surface area contributed by atoms with Crippen LogP contribution >= 0.6 is 0 Å². The molecule has 0 aliphatic carbocycles. The number of carbonyl (C=O) groups is 1. The number of nitrogens with zero attached hydrogens (tertiary/aromatic N) is 2. The van der Waals surface area contributed by atoms with E-state index in [2.05, 4.69) is 5.32 Å². The summed E-state index contributed by atoms with van der Waals surface area (Å²) < 4.78 is 28.5. The fraction of sp³-hybridized carbons (Fsp3) is 0.917. The van der Waals surface area contributed by atoms with Gasteiger partial charge in [0.25, 0.3) is 10.2 Å². The molecule has 2 aliphatic heterocycles. The highest BCUT2D eigenvalue weighted by Gasteiger charge is 2.38. The highest BCUT2D eigenvalue weighted by atomic mass is 32.2. The second kappa shape index (κ2) is 6.38. The summed E-state index contributed by atoms with van der Waals surface area (Å²) in [6, 6.07) is -0.0770. The first kappa shape index (κ1) is 15.7. The van der Waals surface area contributed by atoms with Gasteiger partial charge < -0.3 is 11.1 Å². The molecule has 0 radical (unpaired) electrons. The largest absolute Gasteiger partial charge is 0.369 e. The van der Waals surface area contributed by atoms with Gasteiger partial charge in [0, 0.05) is 32.2 Å². The van der Waals surface area contributed by atoms with Gasteiger partial charge in [0.1, 0.15) is 0 Å². The van der Waals surface area contributed by atoms with E-state index in [-0.39, 0.29) is 18.5 Å². The molecule has 0 bridgehead atoms. The average molecular weight is 304 g/mol. The van der Waals surface area contributed by atoms with E-state index in [0.717, 1.165) is 13.0 Å². The van der Waals surface area contributed by atoms with Crippen molar-refractivity contribution in [3.8, 4) is 0 Å². The minimum atomic E-state index is -3.51. The molecule has 3 N–H and O–H groups in total. The first-order chi connectivity index (χ1) is 9.43. The van der Waals surface area contributed by atoms with Crippen LogP contribution < -0.4 is 11.1 Å². The van der Waals surface area contributed by atoms with Crippen LogP contribution in [0.3, 0.4) is 0 Å². The summed E-state index contributed by atoms with van der Waals surface area (Å²) in [7, 11) is -3.51. The first-order valence-electron chi connectivity index (χ1n) is 7.20. The molecule has 2 unspecified atom stereocenters. The summed E-state index contributed by atoms with van der Waals surface area (Å²) in [6.45, 7) is 4.62. The molecular formula is C12H24N4O3S. The number of piperidine rings is 1. The van der Waals surface area contributed by atoms with Gasteiger partial charge in [-0.3, -0.25) is 4.79 Å². The zero-order valence-electron chi connectivity index (χ0n) is 11.9. The van der Waals surface area contributed by atoms with E-state index < -0.39 is 16.1 Å². The van der Waals surface area contributed by atoms with E-state index in [4.69, 9.17) is 5.73 Å². The number of hydrogen-bond donors (Lipinski definition) is 2. The second-order valence-electron chi connectivity index (χ2n) is 5.61. The minimum Gasteiger partial charge on any atom is -0.369 e. The molecule has 8 heteroatoms. The van der Waals surface area contributed by atoms with Crippen molar-refractivity contribution in [3.63, 3.8) is 0 Å². The lowest BCUT2D eigenvalue weighted by Crippen LogP contribution is -2.54.